The van der Waals surface area contributed by atoms with E-state index in [1.807, 2.05) is 30.3 Å². The van der Waals surface area contributed by atoms with E-state index >= 15 is 0 Å². The molecule has 0 aliphatic rings. The minimum atomic E-state index is 0.0859. The van der Waals surface area contributed by atoms with E-state index in [0.29, 0.717) is 12.8 Å². The van der Waals surface area contributed by atoms with Crippen LogP contribution in [0.4, 0.5) is 5.69 Å². The number of hydrogen-bond acceptors (Lipinski definition) is 2. The monoisotopic (exact) mass is 304 g/mol. The van der Waals surface area contributed by atoms with Gasteiger partial charge in [-0.2, -0.15) is 0 Å². The Morgan fingerprint density at radius 1 is 0.864 bits per heavy atom. The van der Waals surface area contributed by atoms with Gasteiger partial charge in [0.2, 0.25) is 11.8 Å². The van der Waals surface area contributed by atoms with E-state index in [2.05, 4.69) is 5.32 Å². The van der Waals surface area contributed by atoms with Crippen molar-refractivity contribution in [3.63, 3.8) is 0 Å². The number of para-hydroxylation sites is 1. The Kier molecular flexibility index (Phi) is 8.96. The number of anilines is 1. The van der Waals surface area contributed by atoms with Crippen LogP contribution in [-0.2, 0) is 9.59 Å². The van der Waals surface area contributed by atoms with E-state index in [1.165, 1.54) is 0 Å². The Labute approximate surface area is 133 Å². The van der Waals surface area contributed by atoms with Gasteiger partial charge in [0.25, 0.3) is 0 Å². The van der Waals surface area contributed by atoms with Gasteiger partial charge in [-0.15, -0.1) is 0 Å². The first-order chi connectivity index (χ1) is 10.6. The largest absolute Gasteiger partial charge is 0.349 e. The second-order valence-corrected chi connectivity index (χ2v) is 5.82. The van der Waals surface area contributed by atoms with Crippen molar-refractivity contribution in [1.82, 2.24) is 4.90 Å². The number of hydrogen-bond donors (Lipinski definition) is 1. The first kappa shape index (κ1) is 18.2. The van der Waals surface area contributed by atoms with Gasteiger partial charge < -0.3 is 10.2 Å². The Morgan fingerprint density at radius 2 is 1.41 bits per heavy atom. The molecule has 1 rings (SSSR count). The summed E-state index contributed by atoms with van der Waals surface area (Å²) in [6, 6.07) is 9.55. The molecule has 0 aromatic heterocycles. The lowest BCUT2D eigenvalue weighted by molar-refractivity contribution is -0.128. The number of carbonyl (C=O) groups excluding carboxylic acids is 2. The zero-order chi connectivity index (χ0) is 16.2. The van der Waals surface area contributed by atoms with E-state index < -0.39 is 0 Å². The summed E-state index contributed by atoms with van der Waals surface area (Å²) in [5.41, 5.74) is 0.859. The molecule has 0 radical (unpaired) electrons. The highest BCUT2D eigenvalue weighted by Crippen LogP contribution is 2.11. The minimum Gasteiger partial charge on any atom is -0.349 e. The molecule has 1 N–H and O–H groups in total. The summed E-state index contributed by atoms with van der Waals surface area (Å²) in [6.45, 7) is 0. The second kappa shape index (κ2) is 10.8. The molecule has 1 aromatic rings. The molecule has 0 saturated heterocycles. The van der Waals surface area contributed by atoms with Crippen molar-refractivity contribution < 1.29 is 9.59 Å². The van der Waals surface area contributed by atoms with Crippen LogP contribution in [0.1, 0.15) is 51.4 Å². The van der Waals surface area contributed by atoms with Crippen LogP contribution in [0.15, 0.2) is 30.3 Å². The summed E-state index contributed by atoms with van der Waals surface area (Å²) in [7, 11) is 3.59. The van der Waals surface area contributed by atoms with Gasteiger partial charge in [-0.3, -0.25) is 9.59 Å². The number of unbranched alkanes of at least 4 members (excludes halogenated alkanes) is 5. The third kappa shape index (κ3) is 8.45. The number of amides is 2. The molecular weight excluding hydrogens is 276 g/mol. The summed E-state index contributed by atoms with van der Waals surface area (Å²) in [4.78, 5) is 24.8. The molecule has 0 bridgehead atoms. The highest BCUT2D eigenvalue weighted by Gasteiger charge is 2.03. The number of carbonyl (C=O) groups is 2. The topological polar surface area (TPSA) is 49.4 Å². The maximum atomic E-state index is 11.7. The van der Waals surface area contributed by atoms with Crippen LogP contribution in [0, 0.1) is 0 Å². The highest BCUT2D eigenvalue weighted by molar-refractivity contribution is 5.90. The molecule has 0 unspecified atom stereocenters. The summed E-state index contributed by atoms with van der Waals surface area (Å²) < 4.78 is 0. The Bertz CT molecular complexity index is 444. The molecule has 0 saturated carbocycles. The SMILES string of the molecule is CN(C)C(=O)CCCCCCCCC(=O)Nc1ccccc1. The molecule has 0 aliphatic heterocycles. The second-order valence-electron chi connectivity index (χ2n) is 5.82. The summed E-state index contributed by atoms with van der Waals surface area (Å²) >= 11 is 0. The fourth-order valence-electron chi connectivity index (χ4n) is 2.24. The van der Waals surface area contributed by atoms with Gasteiger partial charge in [0.15, 0.2) is 0 Å². The molecule has 0 heterocycles. The Balaban J connectivity index is 1.95. The first-order valence-corrected chi connectivity index (χ1v) is 8.14. The molecule has 2 amide bonds. The van der Waals surface area contributed by atoms with E-state index in [4.69, 9.17) is 0 Å². The lowest BCUT2D eigenvalue weighted by Crippen LogP contribution is -2.20. The normalized spacial score (nSPS) is 10.3. The summed E-state index contributed by atoms with van der Waals surface area (Å²) in [5.74, 6) is 0.292. The predicted molar refractivity (Wildman–Crippen MR) is 90.7 cm³/mol. The molecule has 0 spiro atoms. The Morgan fingerprint density at radius 3 is 2.00 bits per heavy atom. The van der Waals surface area contributed by atoms with Crippen LogP contribution in [-0.4, -0.2) is 30.8 Å². The van der Waals surface area contributed by atoms with E-state index in [0.717, 1.165) is 44.2 Å². The van der Waals surface area contributed by atoms with Crippen LogP contribution in [0.2, 0.25) is 0 Å². The molecule has 22 heavy (non-hydrogen) atoms. The average Bonchev–Trinajstić information content (AvgIpc) is 2.50. The average molecular weight is 304 g/mol. The van der Waals surface area contributed by atoms with Crippen LogP contribution < -0.4 is 5.32 Å². The minimum absolute atomic E-state index is 0.0859. The van der Waals surface area contributed by atoms with Crippen LogP contribution in [0.25, 0.3) is 0 Å². The van der Waals surface area contributed by atoms with Gasteiger partial charge in [-0.1, -0.05) is 43.9 Å². The van der Waals surface area contributed by atoms with Crippen molar-refractivity contribution in [3.8, 4) is 0 Å². The van der Waals surface area contributed by atoms with Crippen molar-refractivity contribution in [2.24, 2.45) is 0 Å². The van der Waals surface area contributed by atoms with Gasteiger partial charge in [-0.25, -0.2) is 0 Å². The quantitative estimate of drug-likeness (QED) is 0.668. The smallest absolute Gasteiger partial charge is 0.224 e. The van der Waals surface area contributed by atoms with Crippen LogP contribution in [0.3, 0.4) is 0 Å². The lowest BCUT2D eigenvalue weighted by atomic mass is 10.1. The van der Waals surface area contributed by atoms with Crippen molar-refractivity contribution in [2.75, 3.05) is 19.4 Å². The van der Waals surface area contributed by atoms with Crippen molar-refractivity contribution in [2.45, 2.75) is 51.4 Å². The van der Waals surface area contributed by atoms with Crippen molar-refractivity contribution in [1.29, 1.82) is 0 Å². The number of rotatable bonds is 10. The van der Waals surface area contributed by atoms with Gasteiger partial charge >= 0.3 is 0 Å². The molecule has 4 heteroatoms. The molecule has 0 atom stereocenters. The summed E-state index contributed by atoms with van der Waals surface area (Å²) in [5, 5.41) is 2.90. The zero-order valence-electron chi connectivity index (χ0n) is 13.8. The summed E-state index contributed by atoms with van der Waals surface area (Å²) in [6.07, 6.45) is 7.55. The number of nitrogens with one attached hydrogen (secondary N) is 1. The van der Waals surface area contributed by atoms with Crippen molar-refractivity contribution in [3.05, 3.63) is 30.3 Å². The zero-order valence-corrected chi connectivity index (χ0v) is 13.8. The van der Waals surface area contributed by atoms with Crippen LogP contribution in [0.5, 0.6) is 0 Å². The molecule has 4 nitrogen and oxygen atoms in total. The van der Waals surface area contributed by atoms with Crippen LogP contribution >= 0.6 is 0 Å². The molecular formula is C18H28N2O2. The Hall–Kier alpha value is -1.84. The molecule has 1 aromatic carbocycles. The van der Waals surface area contributed by atoms with Gasteiger partial charge in [-0.05, 0) is 25.0 Å². The standard InChI is InChI=1S/C18H28N2O2/c1-20(2)18(22)15-11-6-4-3-5-10-14-17(21)19-16-12-8-7-9-13-16/h7-9,12-13H,3-6,10-11,14-15H2,1-2H3,(H,19,21). The first-order valence-electron chi connectivity index (χ1n) is 8.14. The highest BCUT2D eigenvalue weighted by atomic mass is 16.2. The van der Waals surface area contributed by atoms with Gasteiger partial charge in [0.05, 0.1) is 0 Å². The molecule has 0 fully saturated rings. The van der Waals surface area contributed by atoms with Gasteiger partial charge in [0.1, 0.15) is 0 Å². The molecule has 0 aliphatic carbocycles. The van der Waals surface area contributed by atoms with Crippen molar-refractivity contribution >= 4 is 17.5 Å². The third-order valence-electron chi connectivity index (χ3n) is 3.60. The molecule has 122 valence electrons. The van der Waals surface area contributed by atoms with Gasteiger partial charge in [0, 0.05) is 32.6 Å². The maximum absolute atomic E-state index is 11.7. The van der Waals surface area contributed by atoms with E-state index in [9.17, 15) is 9.59 Å². The number of benzene rings is 1. The van der Waals surface area contributed by atoms with E-state index in [-0.39, 0.29) is 11.8 Å². The van der Waals surface area contributed by atoms with E-state index in [1.54, 1.807) is 19.0 Å². The fraction of sp³-hybridized carbons (Fsp3) is 0.556. The fourth-order valence-corrected chi connectivity index (χ4v) is 2.24. The third-order valence-corrected chi connectivity index (χ3v) is 3.60. The lowest BCUT2D eigenvalue weighted by Gasteiger charge is -2.09. The number of nitrogens with zero attached hydrogens (tertiary/aromatic N) is 1. The maximum Gasteiger partial charge on any atom is 0.224 e. The predicted octanol–water partition coefficient (Wildman–Crippen LogP) is 3.83.